The maximum absolute atomic E-state index is 6.05. The van der Waals surface area contributed by atoms with Gasteiger partial charge < -0.3 is 10.1 Å². The van der Waals surface area contributed by atoms with E-state index in [1.165, 1.54) is 0 Å². The highest BCUT2D eigenvalue weighted by molar-refractivity contribution is 6.30. The number of rotatable bonds is 6. The molecule has 0 fully saturated rings. The van der Waals surface area contributed by atoms with Crippen LogP contribution in [0.15, 0.2) is 30.4 Å². The van der Waals surface area contributed by atoms with Crippen LogP contribution in [0.3, 0.4) is 0 Å². The second-order valence-electron chi connectivity index (χ2n) is 5.91. The maximum Gasteiger partial charge on any atom is 0.123 e. The molecule has 0 saturated carbocycles. The van der Waals surface area contributed by atoms with Crippen LogP contribution in [0.25, 0.3) is 0 Å². The molecule has 0 aliphatic rings. The fourth-order valence-electron chi connectivity index (χ4n) is 1.52. The minimum Gasteiger partial charge on any atom is -0.493 e. The standard InChI is InChI=1S/C16H24ClNO/c1-12(2)8-9-19-15-7-6-14(17)10-13(15)11-18-16(3,4)5/h6-7,10,18H,1,8-9,11H2,2-5H3. The van der Waals surface area contributed by atoms with Gasteiger partial charge in [-0.15, -0.1) is 6.58 Å². The Morgan fingerprint density at radius 2 is 2.05 bits per heavy atom. The summed E-state index contributed by atoms with van der Waals surface area (Å²) < 4.78 is 5.81. The molecule has 0 bridgehead atoms. The maximum atomic E-state index is 6.05. The molecule has 0 saturated heterocycles. The molecule has 0 radical (unpaired) electrons. The molecule has 0 amide bonds. The zero-order chi connectivity index (χ0) is 14.5. The normalized spacial score (nSPS) is 11.4. The quantitative estimate of drug-likeness (QED) is 0.771. The molecule has 0 heterocycles. The van der Waals surface area contributed by atoms with Crippen molar-refractivity contribution in [2.24, 2.45) is 0 Å². The molecule has 1 aromatic carbocycles. The summed E-state index contributed by atoms with van der Waals surface area (Å²) in [6, 6.07) is 5.75. The predicted molar refractivity (Wildman–Crippen MR) is 83.0 cm³/mol. The SMILES string of the molecule is C=C(C)CCOc1ccc(Cl)cc1CNC(C)(C)C. The molecular weight excluding hydrogens is 258 g/mol. The lowest BCUT2D eigenvalue weighted by Gasteiger charge is -2.22. The fourth-order valence-corrected chi connectivity index (χ4v) is 1.72. The Kier molecular flexibility index (Phi) is 5.89. The first-order valence-electron chi connectivity index (χ1n) is 6.58. The van der Waals surface area contributed by atoms with Crippen LogP contribution in [0.1, 0.15) is 39.7 Å². The molecule has 1 aromatic rings. The third-order valence-electron chi connectivity index (χ3n) is 2.62. The summed E-state index contributed by atoms with van der Waals surface area (Å²) in [5.74, 6) is 0.891. The smallest absolute Gasteiger partial charge is 0.123 e. The van der Waals surface area contributed by atoms with Crippen LogP contribution in [0.5, 0.6) is 5.75 Å². The average Bonchev–Trinajstić information content (AvgIpc) is 2.27. The fraction of sp³-hybridized carbons (Fsp3) is 0.500. The van der Waals surface area contributed by atoms with Crippen molar-refractivity contribution < 1.29 is 4.74 Å². The summed E-state index contributed by atoms with van der Waals surface area (Å²) in [4.78, 5) is 0. The van der Waals surface area contributed by atoms with E-state index in [1.54, 1.807) is 0 Å². The number of ether oxygens (including phenoxy) is 1. The molecule has 3 heteroatoms. The second kappa shape index (κ2) is 6.97. The lowest BCUT2D eigenvalue weighted by Crippen LogP contribution is -2.35. The first kappa shape index (κ1) is 16.1. The number of hydrogen-bond donors (Lipinski definition) is 1. The molecule has 0 spiro atoms. The van der Waals surface area contributed by atoms with Gasteiger partial charge in [0.25, 0.3) is 0 Å². The van der Waals surface area contributed by atoms with Crippen molar-refractivity contribution in [1.29, 1.82) is 0 Å². The molecule has 0 unspecified atom stereocenters. The van der Waals surface area contributed by atoms with Crippen LogP contribution in [0.4, 0.5) is 0 Å². The molecule has 106 valence electrons. The third-order valence-corrected chi connectivity index (χ3v) is 2.85. The summed E-state index contributed by atoms with van der Waals surface area (Å²) in [5.41, 5.74) is 2.28. The largest absolute Gasteiger partial charge is 0.493 e. The zero-order valence-corrected chi connectivity index (χ0v) is 13.1. The van der Waals surface area contributed by atoms with Gasteiger partial charge in [0.15, 0.2) is 0 Å². The highest BCUT2D eigenvalue weighted by Crippen LogP contribution is 2.24. The van der Waals surface area contributed by atoms with Gasteiger partial charge in [-0.05, 0) is 45.9 Å². The van der Waals surface area contributed by atoms with E-state index in [4.69, 9.17) is 16.3 Å². The van der Waals surface area contributed by atoms with Gasteiger partial charge in [-0.2, -0.15) is 0 Å². The monoisotopic (exact) mass is 281 g/mol. The summed E-state index contributed by atoms with van der Waals surface area (Å²) in [6.07, 6.45) is 0.870. The first-order valence-corrected chi connectivity index (χ1v) is 6.96. The van der Waals surface area contributed by atoms with Gasteiger partial charge in [0.2, 0.25) is 0 Å². The van der Waals surface area contributed by atoms with Crippen molar-refractivity contribution in [2.45, 2.75) is 46.2 Å². The minimum absolute atomic E-state index is 0.0668. The van der Waals surface area contributed by atoms with Gasteiger partial charge in [0.1, 0.15) is 5.75 Å². The Bertz CT molecular complexity index is 435. The summed E-state index contributed by atoms with van der Waals surface area (Å²) in [5, 5.41) is 4.18. The van der Waals surface area contributed by atoms with E-state index >= 15 is 0 Å². The highest BCUT2D eigenvalue weighted by Gasteiger charge is 2.11. The molecule has 1 rings (SSSR count). The number of nitrogens with one attached hydrogen (secondary N) is 1. The first-order chi connectivity index (χ1) is 8.78. The molecule has 0 atom stereocenters. The van der Waals surface area contributed by atoms with Gasteiger partial charge in [-0.1, -0.05) is 17.2 Å². The Morgan fingerprint density at radius 3 is 2.63 bits per heavy atom. The Labute approximate surface area is 121 Å². The highest BCUT2D eigenvalue weighted by atomic mass is 35.5. The Hall–Kier alpha value is -0.990. The van der Waals surface area contributed by atoms with E-state index in [9.17, 15) is 0 Å². The molecule has 1 N–H and O–H groups in total. The lowest BCUT2D eigenvalue weighted by atomic mass is 10.1. The van der Waals surface area contributed by atoms with Crippen molar-refractivity contribution >= 4 is 11.6 Å². The van der Waals surface area contributed by atoms with Crippen molar-refractivity contribution in [1.82, 2.24) is 5.32 Å². The number of hydrogen-bond acceptors (Lipinski definition) is 2. The van der Waals surface area contributed by atoms with Gasteiger partial charge in [0.05, 0.1) is 6.61 Å². The third kappa shape index (κ3) is 6.65. The minimum atomic E-state index is 0.0668. The van der Waals surface area contributed by atoms with Crippen molar-refractivity contribution in [3.63, 3.8) is 0 Å². The van der Waals surface area contributed by atoms with Crippen molar-refractivity contribution in [2.75, 3.05) is 6.61 Å². The average molecular weight is 282 g/mol. The van der Waals surface area contributed by atoms with E-state index < -0.39 is 0 Å². The lowest BCUT2D eigenvalue weighted by molar-refractivity contribution is 0.315. The van der Waals surface area contributed by atoms with Crippen LogP contribution in [-0.4, -0.2) is 12.1 Å². The van der Waals surface area contributed by atoms with Crippen molar-refractivity contribution in [3.8, 4) is 5.75 Å². The number of benzene rings is 1. The van der Waals surface area contributed by atoms with E-state index in [-0.39, 0.29) is 5.54 Å². The second-order valence-corrected chi connectivity index (χ2v) is 6.35. The van der Waals surface area contributed by atoms with Gasteiger partial charge in [0, 0.05) is 29.1 Å². The van der Waals surface area contributed by atoms with E-state index in [1.807, 2.05) is 25.1 Å². The van der Waals surface area contributed by atoms with Gasteiger partial charge in [-0.25, -0.2) is 0 Å². The Morgan fingerprint density at radius 1 is 1.37 bits per heavy atom. The molecule has 2 nitrogen and oxygen atoms in total. The van der Waals surface area contributed by atoms with Crippen molar-refractivity contribution in [3.05, 3.63) is 40.9 Å². The number of halogens is 1. The van der Waals surface area contributed by atoms with Crippen LogP contribution in [0, 0.1) is 0 Å². The van der Waals surface area contributed by atoms with Gasteiger partial charge >= 0.3 is 0 Å². The molecular formula is C16H24ClNO. The summed E-state index contributed by atoms with van der Waals surface area (Å²) in [7, 11) is 0. The van der Waals surface area contributed by atoms with E-state index in [0.29, 0.717) is 6.61 Å². The van der Waals surface area contributed by atoms with Crippen LogP contribution in [0.2, 0.25) is 5.02 Å². The predicted octanol–water partition coefficient (Wildman–Crippen LogP) is 4.57. The van der Waals surface area contributed by atoms with Crippen LogP contribution in [-0.2, 0) is 6.54 Å². The zero-order valence-electron chi connectivity index (χ0n) is 12.3. The topological polar surface area (TPSA) is 21.3 Å². The van der Waals surface area contributed by atoms with Crippen LogP contribution < -0.4 is 10.1 Å². The van der Waals surface area contributed by atoms with E-state index in [0.717, 1.165) is 34.9 Å². The molecule has 0 aromatic heterocycles. The van der Waals surface area contributed by atoms with E-state index in [2.05, 4.69) is 32.7 Å². The molecule has 0 aliphatic heterocycles. The molecule has 19 heavy (non-hydrogen) atoms. The van der Waals surface area contributed by atoms with Crippen LogP contribution >= 0.6 is 11.6 Å². The molecule has 0 aliphatic carbocycles. The summed E-state index contributed by atoms with van der Waals surface area (Å²) in [6.45, 7) is 13.7. The summed E-state index contributed by atoms with van der Waals surface area (Å²) >= 11 is 6.05. The van der Waals surface area contributed by atoms with Gasteiger partial charge in [-0.3, -0.25) is 0 Å². The Balaban J connectivity index is 2.71.